The number of aromatic amines is 1. The number of nitrogens with one attached hydrogen (secondary N) is 1. The SMILES string of the molecule is Cc1cc(C)c2[nH]c(=O)c(CN3CCCC3C3(O)CC3)cc2c1.O=CO.O=CO. The third-order valence-electron chi connectivity index (χ3n) is 5.49. The van der Waals surface area contributed by atoms with Gasteiger partial charge in [-0.2, -0.15) is 0 Å². The summed E-state index contributed by atoms with van der Waals surface area (Å²) in [6.07, 6.45) is 3.96. The molecule has 4 N–H and O–H groups in total. The maximum atomic E-state index is 12.5. The number of pyridine rings is 1. The summed E-state index contributed by atoms with van der Waals surface area (Å²) in [4.78, 5) is 34.6. The molecule has 2 aliphatic rings. The molecule has 8 nitrogen and oxygen atoms in total. The molecule has 0 spiro atoms. The van der Waals surface area contributed by atoms with Crippen molar-refractivity contribution < 1.29 is 24.9 Å². The van der Waals surface area contributed by atoms with E-state index in [-0.39, 0.29) is 24.5 Å². The molecule has 0 bridgehead atoms. The largest absolute Gasteiger partial charge is 0.483 e. The number of hydrogen-bond acceptors (Lipinski definition) is 5. The third-order valence-corrected chi connectivity index (χ3v) is 5.49. The van der Waals surface area contributed by atoms with E-state index in [1.807, 2.05) is 13.0 Å². The normalized spacial score (nSPS) is 19.5. The number of rotatable bonds is 3. The lowest BCUT2D eigenvalue weighted by atomic mass is 10.0. The quantitative estimate of drug-likeness (QED) is 0.576. The van der Waals surface area contributed by atoms with Gasteiger partial charge in [-0.3, -0.25) is 19.3 Å². The summed E-state index contributed by atoms with van der Waals surface area (Å²) in [5, 5.41) is 25.3. The van der Waals surface area contributed by atoms with Crippen LogP contribution in [0.1, 0.15) is 42.4 Å². The van der Waals surface area contributed by atoms with Crippen molar-refractivity contribution in [2.75, 3.05) is 6.54 Å². The zero-order chi connectivity index (χ0) is 21.6. The molecule has 1 aromatic carbocycles. The number of aromatic nitrogens is 1. The standard InChI is InChI=1S/C19H24N2O2.2CH2O2/c1-12-8-13(2)17-14(9-12)10-15(18(22)20-17)11-21-7-3-4-16(21)19(23)5-6-19;2*2-1-3/h8-10,16,23H,3-7,11H2,1-2H3,(H,20,22);2*1H,(H,2,3). The van der Waals surface area contributed by atoms with Crippen molar-refractivity contribution in [2.24, 2.45) is 0 Å². The van der Waals surface area contributed by atoms with Crippen molar-refractivity contribution in [1.29, 1.82) is 0 Å². The number of H-pyrrole nitrogens is 1. The van der Waals surface area contributed by atoms with Gasteiger partial charge in [-0.1, -0.05) is 11.6 Å². The van der Waals surface area contributed by atoms with Crippen LogP contribution in [-0.2, 0) is 16.1 Å². The van der Waals surface area contributed by atoms with E-state index in [0.29, 0.717) is 6.54 Å². The van der Waals surface area contributed by atoms with Crippen molar-refractivity contribution >= 4 is 23.8 Å². The van der Waals surface area contributed by atoms with Gasteiger partial charge < -0.3 is 20.3 Å². The maximum absolute atomic E-state index is 12.5. The van der Waals surface area contributed by atoms with Gasteiger partial charge >= 0.3 is 0 Å². The number of benzene rings is 1. The number of aryl methyl sites for hydroxylation is 2. The summed E-state index contributed by atoms with van der Waals surface area (Å²) >= 11 is 0. The molecular weight excluding hydrogens is 376 g/mol. The Hall–Kier alpha value is -2.71. The molecule has 2 heterocycles. The van der Waals surface area contributed by atoms with Gasteiger partial charge in [-0.25, -0.2) is 0 Å². The molecule has 4 rings (SSSR count). The lowest BCUT2D eigenvalue weighted by Gasteiger charge is -2.28. The van der Waals surface area contributed by atoms with Gasteiger partial charge in [0.25, 0.3) is 18.5 Å². The van der Waals surface area contributed by atoms with E-state index in [9.17, 15) is 9.90 Å². The number of likely N-dealkylation sites (tertiary alicyclic amines) is 1. The predicted molar refractivity (Wildman–Crippen MR) is 109 cm³/mol. The fraction of sp³-hybridized carbons (Fsp3) is 0.476. The molecule has 1 atom stereocenters. The van der Waals surface area contributed by atoms with E-state index in [1.54, 1.807) is 0 Å². The fourth-order valence-corrected chi connectivity index (χ4v) is 4.15. The Morgan fingerprint density at radius 3 is 2.38 bits per heavy atom. The van der Waals surface area contributed by atoms with Gasteiger partial charge in [0.15, 0.2) is 0 Å². The summed E-state index contributed by atoms with van der Waals surface area (Å²) < 4.78 is 0. The van der Waals surface area contributed by atoms with Crippen molar-refractivity contribution in [2.45, 2.75) is 57.7 Å². The Bertz CT molecular complexity index is 913. The molecule has 158 valence electrons. The predicted octanol–water partition coefficient (Wildman–Crippen LogP) is 2.04. The zero-order valence-electron chi connectivity index (χ0n) is 16.7. The minimum absolute atomic E-state index is 0.00195. The second-order valence-corrected chi connectivity index (χ2v) is 7.61. The van der Waals surface area contributed by atoms with Crippen molar-refractivity contribution in [3.8, 4) is 0 Å². The number of aliphatic hydroxyl groups is 1. The Balaban J connectivity index is 0.000000449. The molecule has 0 amide bonds. The molecule has 1 aliphatic heterocycles. The average molecular weight is 404 g/mol. The number of carboxylic acid groups (broad SMARTS) is 2. The first-order chi connectivity index (χ1) is 13.8. The van der Waals surface area contributed by atoms with Crippen LogP contribution in [0.5, 0.6) is 0 Å². The molecule has 8 heteroatoms. The minimum atomic E-state index is -0.493. The molecule has 0 radical (unpaired) electrons. The summed E-state index contributed by atoms with van der Waals surface area (Å²) in [5.74, 6) is 0. The first kappa shape index (κ1) is 22.6. The van der Waals surface area contributed by atoms with Crippen LogP contribution in [0, 0.1) is 13.8 Å². The van der Waals surface area contributed by atoms with E-state index in [0.717, 1.165) is 54.3 Å². The van der Waals surface area contributed by atoms with Crippen LogP contribution < -0.4 is 5.56 Å². The molecule has 1 aromatic heterocycles. The Labute approximate surface area is 168 Å². The highest BCUT2D eigenvalue weighted by molar-refractivity contribution is 5.82. The molecule has 1 saturated carbocycles. The molecule has 1 aliphatic carbocycles. The molecule has 1 unspecified atom stereocenters. The first-order valence-electron chi connectivity index (χ1n) is 9.55. The van der Waals surface area contributed by atoms with Gasteiger partial charge in [0, 0.05) is 18.2 Å². The Morgan fingerprint density at radius 2 is 1.79 bits per heavy atom. The Morgan fingerprint density at radius 1 is 1.17 bits per heavy atom. The van der Waals surface area contributed by atoms with Crippen LogP contribution in [0.15, 0.2) is 23.0 Å². The lowest BCUT2D eigenvalue weighted by molar-refractivity contribution is -0.123. The van der Waals surface area contributed by atoms with Crippen molar-refractivity contribution in [3.63, 3.8) is 0 Å². The molecule has 29 heavy (non-hydrogen) atoms. The van der Waals surface area contributed by atoms with Crippen LogP contribution in [0.25, 0.3) is 10.9 Å². The lowest BCUT2D eigenvalue weighted by Crippen LogP contribution is -2.41. The number of carbonyl (C=O) groups is 2. The topological polar surface area (TPSA) is 131 Å². The highest BCUT2D eigenvalue weighted by atomic mass is 16.3. The van der Waals surface area contributed by atoms with Gasteiger partial charge in [0.2, 0.25) is 0 Å². The number of nitrogens with zero attached hydrogens (tertiary/aromatic N) is 1. The monoisotopic (exact) mass is 404 g/mol. The van der Waals surface area contributed by atoms with Gasteiger partial charge in [-0.15, -0.1) is 0 Å². The zero-order valence-corrected chi connectivity index (χ0v) is 16.7. The van der Waals surface area contributed by atoms with Gasteiger partial charge in [0.05, 0.1) is 11.1 Å². The maximum Gasteiger partial charge on any atom is 0.290 e. The van der Waals surface area contributed by atoms with Crippen LogP contribution in [0.4, 0.5) is 0 Å². The molecular formula is C21H28N2O6. The van der Waals surface area contributed by atoms with E-state index in [2.05, 4.69) is 28.9 Å². The molecule has 2 fully saturated rings. The second-order valence-electron chi connectivity index (χ2n) is 7.61. The Kier molecular flexibility index (Phi) is 7.53. The van der Waals surface area contributed by atoms with E-state index in [4.69, 9.17) is 19.8 Å². The summed E-state index contributed by atoms with van der Waals surface area (Å²) in [7, 11) is 0. The molecule has 2 aromatic rings. The van der Waals surface area contributed by atoms with E-state index < -0.39 is 5.60 Å². The van der Waals surface area contributed by atoms with E-state index in [1.165, 1.54) is 5.56 Å². The van der Waals surface area contributed by atoms with Crippen LogP contribution >= 0.6 is 0 Å². The van der Waals surface area contributed by atoms with Crippen LogP contribution in [0.2, 0.25) is 0 Å². The molecule has 1 saturated heterocycles. The van der Waals surface area contributed by atoms with Crippen molar-refractivity contribution in [3.05, 3.63) is 45.2 Å². The number of hydrogen-bond donors (Lipinski definition) is 4. The summed E-state index contributed by atoms with van der Waals surface area (Å²) in [6.45, 7) is 5.21. The summed E-state index contributed by atoms with van der Waals surface area (Å²) in [6, 6.07) is 6.46. The van der Waals surface area contributed by atoms with Crippen molar-refractivity contribution in [1.82, 2.24) is 9.88 Å². The highest BCUT2D eigenvalue weighted by Gasteiger charge is 2.51. The second kappa shape index (κ2) is 9.67. The van der Waals surface area contributed by atoms with E-state index >= 15 is 0 Å². The fourth-order valence-electron chi connectivity index (χ4n) is 4.15. The van der Waals surface area contributed by atoms with Gasteiger partial charge in [0.1, 0.15) is 0 Å². The van der Waals surface area contributed by atoms with Gasteiger partial charge in [-0.05, 0) is 69.2 Å². The minimum Gasteiger partial charge on any atom is -0.483 e. The average Bonchev–Trinajstić information content (AvgIpc) is 3.21. The highest BCUT2D eigenvalue weighted by Crippen LogP contribution is 2.44. The van der Waals surface area contributed by atoms with Crippen LogP contribution in [0.3, 0.4) is 0 Å². The number of fused-ring (bicyclic) bond motifs is 1. The summed E-state index contributed by atoms with van der Waals surface area (Å²) in [5.41, 5.74) is 3.56. The smallest absolute Gasteiger partial charge is 0.290 e. The third kappa shape index (κ3) is 5.42. The van der Waals surface area contributed by atoms with Crippen LogP contribution in [-0.4, -0.2) is 56.3 Å². The first-order valence-corrected chi connectivity index (χ1v) is 9.55.